The highest BCUT2D eigenvalue weighted by molar-refractivity contribution is 7.02. The van der Waals surface area contributed by atoms with Gasteiger partial charge in [0, 0.05) is 0 Å². The van der Waals surface area contributed by atoms with Gasteiger partial charge in [-0.15, -0.1) is 0 Å². The van der Waals surface area contributed by atoms with Crippen LogP contribution in [-0.2, 0) is 16.5 Å². The summed E-state index contributed by atoms with van der Waals surface area (Å²) in [5.41, 5.74) is 10.6. The molecule has 4 nitrogen and oxygen atoms in total. The third-order valence-corrected chi connectivity index (χ3v) is 24.0. The third kappa shape index (κ3) is 8.38. The van der Waals surface area contributed by atoms with Crippen molar-refractivity contribution in [3.05, 3.63) is 167 Å². The Bertz CT molecular complexity index is 1560. The van der Waals surface area contributed by atoms with Crippen molar-refractivity contribution in [2.75, 3.05) is 0 Å². The average Bonchev–Trinajstić information content (AvgIpc) is 3.03. The van der Waals surface area contributed by atoms with Gasteiger partial charge in [0.15, 0.2) is 0 Å². The summed E-state index contributed by atoms with van der Waals surface area (Å²) in [6.07, 6.45) is 6.28. The predicted octanol–water partition coefficient (Wildman–Crippen LogP) is 9.36. The minimum Gasteiger partial charge on any atom is -0.410 e. The maximum atomic E-state index is 7.27. The van der Waals surface area contributed by atoms with Crippen LogP contribution in [0.4, 0.5) is 0 Å². The smallest absolute Gasteiger partial charge is 0.352 e. The average molecular weight is 649 g/mol. The molecule has 1 saturated heterocycles. The first-order valence-electron chi connectivity index (χ1n) is 14.9. The minimum atomic E-state index is -3.19. The van der Waals surface area contributed by atoms with E-state index in [2.05, 4.69) is 117 Å². The van der Waals surface area contributed by atoms with E-state index in [1.54, 1.807) is 0 Å². The molecule has 0 aliphatic carbocycles. The molecule has 1 heterocycles. The standard InChI is InChI=1S/C36H40O4Si4/c1-32(36-24-16-9-17-25-36)44(5)39-42(3,30-27-34-20-12-7-13-21-34)37-41(2,29-26-33-18-10-6-11-19-33)38-43(4,40-44)31-28-35-22-14-8-15-23-35/h6-31H,1H2,2-5H3/b29-26+,30-27+,31-28+. The van der Waals surface area contributed by atoms with Gasteiger partial charge in [-0.2, -0.15) is 0 Å². The second-order valence-corrected chi connectivity index (χ2v) is 24.3. The fraction of sp³-hybridized carbons (Fsp3) is 0.111. The Labute approximate surface area is 266 Å². The number of hydrogen-bond acceptors (Lipinski definition) is 4. The Morgan fingerprint density at radius 2 is 0.750 bits per heavy atom. The molecule has 4 aromatic rings. The molecule has 1 aliphatic rings. The van der Waals surface area contributed by atoms with E-state index in [1.807, 2.05) is 72.8 Å². The molecule has 8 heteroatoms. The third-order valence-electron chi connectivity index (χ3n) is 7.41. The van der Waals surface area contributed by atoms with Crippen molar-refractivity contribution in [2.45, 2.75) is 26.2 Å². The highest BCUT2D eigenvalue weighted by Gasteiger charge is 2.56. The quantitative estimate of drug-likeness (QED) is 0.179. The van der Waals surface area contributed by atoms with Crippen LogP contribution in [0.2, 0.25) is 26.2 Å². The highest BCUT2D eigenvalue weighted by atomic mass is 28.5. The first-order chi connectivity index (χ1) is 21.1. The van der Waals surface area contributed by atoms with E-state index >= 15 is 0 Å². The monoisotopic (exact) mass is 648 g/mol. The summed E-state index contributed by atoms with van der Waals surface area (Å²) in [4.78, 5) is 0. The summed E-state index contributed by atoms with van der Waals surface area (Å²) >= 11 is 0. The van der Waals surface area contributed by atoms with Gasteiger partial charge in [0.1, 0.15) is 0 Å². The van der Waals surface area contributed by atoms with E-state index in [-0.39, 0.29) is 0 Å². The van der Waals surface area contributed by atoms with Crippen molar-refractivity contribution < 1.29 is 16.5 Å². The lowest BCUT2D eigenvalue weighted by Crippen LogP contribution is -2.66. The van der Waals surface area contributed by atoms with Crippen molar-refractivity contribution in [3.63, 3.8) is 0 Å². The van der Waals surface area contributed by atoms with E-state index in [9.17, 15) is 0 Å². The lowest BCUT2D eigenvalue weighted by atomic mass is 10.2. The van der Waals surface area contributed by atoms with Gasteiger partial charge in [0.2, 0.25) is 0 Å². The normalized spacial score (nSPS) is 27.8. The van der Waals surface area contributed by atoms with Crippen molar-refractivity contribution in [3.8, 4) is 0 Å². The summed E-state index contributed by atoms with van der Waals surface area (Å²) in [6, 6.07) is 40.9. The fourth-order valence-corrected chi connectivity index (χ4v) is 24.9. The zero-order valence-electron chi connectivity index (χ0n) is 25.9. The SMILES string of the molecule is C=C(c1ccccc1)[Si]1(C)O[Si](C)(/C=C/c2ccccc2)O[Si](C)(/C=C/c2ccccc2)O[Si](C)(/C=C/c2ccccc2)O1. The van der Waals surface area contributed by atoms with Crippen molar-refractivity contribution in [2.24, 2.45) is 0 Å². The predicted molar refractivity (Wildman–Crippen MR) is 193 cm³/mol. The highest BCUT2D eigenvalue weighted by Crippen LogP contribution is 2.38. The lowest BCUT2D eigenvalue weighted by molar-refractivity contribution is 0.252. The summed E-state index contributed by atoms with van der Waals surface area (Å²) in [5, 5.41) is 0.856. The van der Waals surface area contributed by atoms with E-state index in [4.69, 9.17) is 16.5 Å². The lowest BCUT2D eigenvalue weighted by Gasteiger charge is -2.48. The van der Waals surface area contributed by atoms with Crippen LogP contribution >= 0.6 is 0 Å². The first kappa shape index (κ1) is 32.0. The van der Waals surface area contributed by atoms with Crippen LogP contribution in [0.3, 0.4) is 0 Å². The van der Waals surface area contributed by atoms with E-state index in [0.717, 1.165) is 27.5 Å². The zero-order chi connectivity index (χ0) is 31.1. The van der Waals surface area contributed by atoms with Crippen LogP contribution in [-0.4, -0.2) is 34.2 Å². The van der Waals surface area contributed by atoms with Gasteiger partial charge >= 0.3 is 34.2 Å². The molecular weight excluding hydrogens is 609 g/mol. The molecule has 0 spiro atoms. The number of hydrogen-bond donors (Lipinski definition) is 0. The summed E-state index contributed by atoms with van der Waals surface area (Å²) in [7, 11) is -12.4. The van der Waals surface area contributed by atoms with Gasteiger partial charge in [-0.05, 0) is 70.7 Å². The van der Waals surface area contributed by atoms with Gasteiger partial charge in [-0.3, -0.25) is 0 Å². The Hall–Kier alpha value is -3.45. The summed E-state index contributed by atoms with van der Waals surface area (Å²) < 4.78 is 29.0. The van der Waals surface area contributed by atoms with Crippen molar-refractivity contribution in [1.29, 1.82) is 0 Å². The van der Waals surface area contributed by atoms with Crippen LogP contribution in [0, 0.1) is 0 Å². The molecular formula is C36H40O4Si4. The largest absolute Gasteiger partial charge is 0.410 e. The van der Waals surface area contributed by atoms with Gasteiger partial charge in [-0.25, -0.2) is 0 Å². The van der Waals surface area contributed by atoms with Gasteiger partial charge in [0.05, 0.1) is 0 Å². The summed E-state index contributed by atoms with van der Waals surface area (Å²) in [6.45, 7) is 12.9. The molecule has 5 rings (SSSR count). The van der Waals surface area contributed by atoms with Crippen molar-refractivity contribution in [1.82, 2.24) is 0 Å². The number of rotatable bonds is 8. The Balaban J connectivity index is 1.61. The van der Waals surface area contributed by atoms with E-state index in [0.29, 0.717) is 0 Å². The molecule has 0 radical (unpaired) electrons. The molecule has 224 valence electrons. The van der Waals surface area contributed by atoms with E-state index < -0.39 is 34.2 Å². The Morgan fingerprint density at radius 1 is 0.455 bits per heavy atom. The molecule has 1 aliphatic heterocycles. The number of benzene rings is 4. The first-order valence-corrected chi connectivity index (χ1v) is 24.4. The van der Waals surface area contributed by atoms with Crippen LogP contribution in [0.15, 0.2) is 145 Å². The maximum absolute atomic E-state index is 7.27. The molecule has 2 atom stereocenters. The molecule has 44 heavy (non-hydrogen) atoms. The topological polar surface area (TPSA) is 36.9 Å². The van der Waals surface area contributed by atoms with Gasteiger partial charge in [0.25, 0.3) is 0 Å². The molecule has 0 bridgehead atoms. The Kier molecular flexibility index (Phi) is 9.93. The van der Waals surface area contributed by atoms with Gasteiger partial charge < -0.3 is 16.5 Å². The summed E-state index contributed by atoms with van der Waals surface area (Å²) in [5.74, 6) is 0. The molecule has 0 N–H and O–H groups in total. The van der Waals surface area contributed by atoms with Crippen molar-refractivity contribution >= 4 is 57.7 Å². The maximum Gasteiger partial charge on any atom is 0.352 e. The van der Waals surface area contributed by atoms with Crippen LogP contribution in [0.25, 0.3) is 23.4 Å². The molecule has 0 amide bonds. The van der Waals surface area contributed by atoms with Crippen LogP contribution in [0.1, 0.15) is 22.3 Å². The minimum absolute atomic E-state index is 0.856. The second-order valence-electron chi connectivity index (χ2n) is 11.5. The van der Waals surface area contributed by atoms with Crippen LogP contribution in [0.5, 0.6) is 0 Å². The van der Waals surface area contributed by atoms with Gasteiger partial charge in [-0.1, -0.05) is 146 Å². The Morgan fingerprint density at radius 3 is 1.09 bits per heavy atom. The molecule has 0 aromatic heterocycles. The fourth-order valence-electron chi connectivity index (χ4n) is 5.33. The van der Waals surface area contributed by atoms with Crippen LogP contribution < -0.4 is 0 Å². The molecule has 2 unspecified atom stereocenters. The molecule has 4 aromatic carbocycles. The zero-order valence-corrected chi connectivity index (χ0v) is 29.9. The van der Waals surface area contributed by atoms with E-state index in [1.165, 1.54) is 0 Å². The second kappa shape index (κ2) is 13.7. The molecule has 0 saturated carbocycles. The molecule has 1 fully saturated rings.